The summed E-state index contributed by atoms with van der Waals surface area (Å²) in [5, 5.41) is 18.4. The van der Waals surface area contributed by atoms with Gasteiger partial charge in [0.1, 0.15) is 11.6 Å². The summed E-state index contributed by atoms with van der Waals surface area (Å²) in [5.74, 6) is -0.125. The molecule has 33 heavy (non-hydrogen) atoms. The van der Waals surface area contributed by atoms with Gasteiger partial charge in [0, 0.05) is 35.0 Å². The Morgan fingerprint density at radius 2 is 1.76 bits per heavy atom. The molecule has 1 aliphatic heterocycles. The quantitative estimate of drug-likeness (QED) is 0.407. The van der Waals surface area contributed by atoms with Crippen LogP contribution in [-0.4, -0.2) is 24.2 Å². The fraction of sp³-hybridized carbons (Fsp3) is 0.185. The van der Waals surface area contributed by atoms with Gasteiger partial charge in [-0.3, -0.25) is 4.79 Å². The zero-order valence-corrected chi connectivity index (χ0v) is 18.7. The van der Waals surface area contributed by atoms with E-state index in [9.17, 15) is 9.18 Å². The molecule has 3 aromatic rings. The highest BCUT2D eigenvalue weighted by molar-refractivity contribution is 5.99. The molecule has 0 bridgehead atoms. The average molecular weight is 443 g/mol. The third-order valence-electron chi connectivity index (χ3n) is 5.75. The first-order valence-corrected chi connectivity index (χ1v) is 10.9. The molecule has 6 heteroatoms. The molecular weight excluding hydrogens is 415 g/mol. The van der Waals surface area contributed by atoms with E-state index in [1.807, 2.05) is 55.5 Å². The highest BCUT2D eigenvalue weighted by Crippen LogP contribution is 2.34. The summed E-state index contributed by atoms with van der Waals surface area (Å²) in [4.78, 5) is 13.1. The van der Waals surface area contributed by atoms with Gasteiger partial charge in [0.15, 0.2) is 0 Å². The Bertz CT molecular complexity index is 1190. The first kappa shape index (κ1) is 22.3. The SMILES string of the molecule is CC(=N)C1=C(Nc2ccccc2)NCC(NC(=O)c2cccc(C)c2)C1c1ccc(F)cc1. The summed E-state index contributed by atoms with van der Waals surface area (Å²) >= 11 is 0. The Labute approximate surface area is 193 Å². The van der Waals surface area contributed by atoms with E-state index in [1.54, 1.807) is 25.1 Å². The standard InChI is InChI=1S/C27H27FN4O/c1-17-7-6-8-20(15-17)27(33)32-23-16-30-26(31-22-9-4-3-5-10-22)24(18(2)29)25(23)19-11-13-21(28)14-12-19/h3-15,23,25,29-31H,16H2,1-2H3,(H,32,33). The maximum absolute atomic E-state index is 13.7. The lowest BCUT2D eigenvalue weighted by Gasteiger charge is -2.37. The number of rotatable bonds is 6. The topological polar surface area (TPSA) is 77.0 Å². The number of para-hydroxylation sites is 1. The first-order valence-electron chi connectivity index (χ1n) is 10.9. The molecule has 4 rings (SSSR count). The van der Waals surface area contributed by atoms with Crippen molar-refractivity contribution in [3.63, 3.8) is 0 Å². The summed E-state index contributed by atoms with van der Waals surface area (Å²) in [6.45, 7) is 4.12. The van der Waals surface area contributed by atoms with Gasteiger partial charge >= 0.3 is 0 Å². The summed E-state index contributed by atoms with van der Waals surface area (Å²) < 4.78 is 13.7. The number of carbonyl (C=O) groups excluding carboxylic acids is 1. The van der Waals surface area contributed by atoms with E-state index in [0.29, 0.717) is 23.6 Å². The summed E-state index contributed by atoms with van der Waals surface area (Å²) in [6, 6.07) is 23.1. The first-order chi connectivity index (χ1) is 15.9. The highest BCUT2D eigenvalue weighted by Gasteiger charge is 2.35. The van der Waals surface area contributed by atoms with Crippen LogP contribution in [0, 0.1) is 18.2 Å². The molecule has 1 amide bonds. The van der Waals surface area contributed by atoms with Crippen LogP contribution in [0.25, 0.3) is 0 Å². The molecule has 0 saturated carbocycles. The third-order valence-corrected chi connectivity index (χ3v) is 5.75. The number of amides is 1. The highest BCUT2D eigenvalue weighted by atomic mass is 19.1. The van der Waals surface area contributed by atoms with Gasteiger partial charge in [0.25, 0.3) is 5.91 Å². The number of halogens is 1. The fourth-order valence-corrected chi connectivity index (χ4v) is 4.22. The normalized spacial score (nSPS) is 17.8. The van der Waals surface area contributed by atoms with E-state index < -0.39 is 0 Å². The van der Waals surface area contributed by atoms with E-state index in [4.69, 9.17) is 5.41 Å². The minimum atomic E-state index is -0.333. The Balaban J connectivity index is 1.73. The van der Waals surface area contributed by atoms with Crippen molar-refractivity contribution in [2.24, 2.45) is 0 Å². The van der Waals surface area contributed by atoms with Crippen molar-refractivity contribution in [3.8, 4) is 0 Å². The van der Waals surface area contributed by atoms with E-state index >= 15 is 0 Å². The van der Waals surface area contributed by atoms with Crippen molar-refractivity contribution in [3.05, 3.63) is 113 Å². The van der Waals surface area contributed by atoms with Crippen LogP contribution in [0.4, 0.5) is 10.1 Å². The zero-order valence-electron chi connectivity index (χ0n) is 18.7. The number of aryl methyl sites for hydroxylation is 1. The molecule has 0 saturated heterocycles. The third kappa shape index (κ3) is 5.12. The minimum absolute atomic E-state index is 0.181. The van der Waals surface area contributed by atoms with E-state index in [1.165, 1.54) is 12.1 Å². The number of benzene rings is 3. The molecule has 1 heterocycles. The molecule has 1 aliphatic rings. The van der Waals surface area contributed by atoms with Crippen LogP contribution >= 0.6 is 0 Å². The van der Waals surface area contributed by atoms with Crippen molar-refractivity contribution < 1.29 is 9.18 Å². The molecule has 0 spiro atoms. The second-order valence-electron chi connectivity index (χ2n) is 8.26. The number of nitrogens with one attached hydrogen (secondary N) is 4. The van der Waals surface area contributed by atoms with Gasteiger partial charge in [-0.2, -0.15) is 0 Å². The molecule has 0 aliphatic carbocycles. The minimum Gasteiger partial charge on any atom is -0.369 e. The van der Waals surface area contributed by atoms with Crippen LogP contribution in [-0.2, 0) is 0 Å². The second-order valence-corrected chi connectivity index (χ2v) is 8.26. The van der Waals surface area contributed by atoms with Crippen molar-refractivity contribution in [2.75, 3.05) is 11.9 Å². The zero-order chi connectivity index (χ0) is 23.4. The fourth-order valence-electron chi connectivity index (χ4n) is 4.22. The van der Waals surface area contributed by atoms with Crippen LogP contribution in [0.3, 0.4) is 0 Å². The predicted octanol–water partition coefficient (Wildman–Crippen LogP) is 4.98. The lowest BCUT2D eigenvalue weighted by atomic mass is 9.80. The lowest BCUT2D eigenvalue weighted by molar-refractivity contribution is 0.0932. The van der Waals surface area contributed by atoms with Gasteiger partial charge in [-0.1, -0.05) is 48.0 Å². The van der Waals surface area contributed by atoms with Gasteiger partial charge in [-0.25, -0.2) is 4.39 Å². The molecule has 2 unspecified atom stereocenters. The van der Waals surface area contributed by atoms with Gasteiger partial charge in [0.2, 0.25) is 0 Å². The van der Waals surface area contributed by atoms with Crippen molar-refractivity contribution in [1.82, 2.24) is 10.6 Å². The number of carbonyl (C=O) groups is 1. The molecule has 4 N–H and O–H groups in total. The van der Waals surface area contributed by atoms with E-state index in [-0.39, 0.29) is 23.7 Å². The number of anilines is 1. The Hall–Kier alpha value is -3.93. The van der Waals surface area contributed by atoms with Gasteiger partial charge in [-0.15, -0.1) is 0 Å². The van der Waals surface area contributed by atoms with Crippen molar-refractivity contribution in [2.45, 2.75) is 25.8 Å². The van der Waals surface area contributed by atoms with E-state index in [2.05, 4.69) is 16.0 Å². The molecule has 0 fully saturated rings. The molecular formula is C27H27FN4O. The number of hydrogen-bond donors (Lipinski definition) is 4. The maximum atomic E-state index is 13.7. The average Bonchev–Trinajstić information content (AvgIpc) is 2.81. The maximum Gasteiger partial charge on any atom is 0.251 e. The van der Waals surface area contributed by atoms with Crippen LogP contribution in [0.15, 0.2) is 90.3 Å². The monoisotopic (exact) mass is 442 g/mol. The Morgan fingerprint density at radius 3 is 2.42 bits per heavy atom. The summed E-state index contributed by atoms with van der Waals surface area (Å²) in [7, 11) is 0. The molecule has 0 aromatic heterocycles. The van der Waals surface area contributed by atoms with Crippen LogP contribution in [0.2, 0.25) is 0 Å². The summed E-state index contributed by atoms with van der Waals surface area (Å²) in [6.07, 6.45) is 0. The van der Waals surface area contributed by atoms with Crippen molar-refractivity contribution in [1.29, 1.82) is 5.41 Å². The number of hydrogen-bond acceptors (Lipinski definition) is 4. The molecule has 5 nitrogen and oxygen atoms in total. The Kier molecular flexibility index (Phi) is 6.54. The molecule has 3 aromatic carbocycles. The largest absolute Gasteiger partial charge is 0.369 e. The Morgan fingerprint density at radius 1 is 1.03 bits per heavy atom. The second kappa shape index (κ2) is 9.69. The predicted molar refractivity (Wildman–Crippen MR) is 130 cm³/mol. The lowest BCUT2D eigenvalue weighted by Crippen LogP contribution is -2.51. The van der Waals surface area contributed by atoms with E-state index in [0.717, 1.165) is 22.4 Å². The molecule has 2 atom stereocenters. The van der Waals surface area contributed by atoms with Gasteiger partial charge in [-0.05, 0) is 55.8 Å². The summed E-state index contributed by atoms with van der Waals surface area (Å²) in [5.41, 5.74) is 4.40. The molecule has 0 radical (unpaired) electrons. The van der Waals surface area contributed by atoms with Gasteiger partial charge in [0.05, 0.1) is 6.04 Å². The van der Waals surface area contributed by atoms with Crippen LogP contribution in [0.1, 0.15) is 34.3 Å². The van der Waals surface area contributed by atoms with Crippen LogP contribution in [0.5, 0.6) is 0 Å². The molecule has 168 valence electrons. The van der Waals surface area contributed by atoms with Crippen LogP contribution < -0.4 is 16.0 Å². The smallest absolute Gasteiger partial charge is 0.251 e. The van der Waals surface area contributed by atoms with Gasteiger partial charge < -0.3 is 21.4 Å². The van der Waals surface area contributed by atoms with Crippen molar-refractivity contribution >= 4 is 17.3 Å².